The van der Waals surface area contributed by atoms with Crippen molar-refractivity contribution in [3.8, 4) is 11.4 Å². The molecule has 1 aromatic heterocycles. The van der Waals surface area contributed by atoms with Gasteiger partial charge in [0.25, 0.3) is 0 Å². The zero-order valence-corrected chi connectivity index (χ0v) is 12.6. The van der Waals surface area contributed by atoms with Gasteiger partial charge in [-0.1, -0.05) is 25.0 Å². The third kappa shape index (κ3) is 4.07. The fourth-order valence-electron chi connectivity index (χ4n) is 2.80. The monoisotopic (exact) mass is 321 g/mol. The summed E-state index contributed by atoms with van der Waals surface area (Å²) in [7, 11) is 0. The van der Waals surface area contributed by atoms with Gasteiger partial charge in [0.05, 0.1) is 5.56 Å². The first-order valence-electron chi connectivity index (χ1n) is 7.74. The summed E-state index contributed by atoms with van der Waals surface area (Å²) < 4.78 is 37.6. The van der Waals surface area contributed by atoms with Crippen molar-refractivity contribution in [2.75, 3.05) is 0 Å². The van der Waals surface area contributed by atoms with E-state index in [9.17, 15) is 13.2 Å². The number of halogens is 3. The van der Waals surface area contributed by atoms with E-state index in [4.69, 9.17) is 0 Å². The van der Waals surface area contributed by atoms with Crippen LogP contribution in [0.25, 0.3) is 11.4 Å². The second-order valence-electron chi connectivity index (χ2n) is 5.85. The van der Waals surface area contributed by atoms with Gasteiger partial charge in [0.2, 0.25) is 0 Å². The van der Waals surface area contributed by atoms with Crippen molar-refractivity contribution in [3.63, 3.8) is 0 Å². The van der Waals surface area contributed by atoms with Gasteiger partial charge in [-0.2, -0.15) is 13.2 Å². The van der Waals surface area contributed by atoms with E-state index in [1.165, 1.54) is 37.8 Å². The topological polar surface area (TPSA) is 37.8 Å². The standard InChI is InChI=1S/C17H18F3N3/c18-17(19,20)14-7-5-13(6-8-14)16-22-10-12(11-23-16)9-21-15-3-1-2-4-15/h5-8,10-11,15,21H,1-4,9H2. The summed E-state index contributed by atoms with van der Waals surface area (Å²) in [5, 5.41) is 3.48. The highest BCUT2D eigenvalue weighted by atomic mass is 19.4. The number of hydrogen-bond acceptors (Lipinski definition) is 3. The number of nitrogens with one attached hydrogen (secondary N) is 1. The predicted octanol–water partition coefficient (Wildman–Crippen LogP) is 4.19. The van der Waals surface area contributed by atoms with E-state index in [2.05, 4.69) is 15.3 Å². The second kappa shape index (κ2) is 6.66. The maximum Gasteiger partial charge on any atom is 0.416 e. The lowest BCUT2D eigenvalue weighted by Crippen LogP contribution is -2.25. The first kappa shape index (κ1) is 15.9. The van der Waals surface area contributed by atoms with Gasteiger partial charge in [0.1, 0.15) is 0 Å². The van der Waals surface area contributed by atoms with Crippen LogP contribution < -0.4 is 5.32 Å². The van der Waals surface area contributed by atoms with Crippen molar-refractivity contribution in [2.24, 2.45) is 0 Å². The number of benzene rings is 1. The summed E-state index contributed by atoms with van der Waals surface area (Å²) in [5.41, 5.74) is 0.888. The molecule has 0 atom stereocenters. The first-order valence-corrected chi connectivity index (χ1v) is 7.74. The fourth-order valence-corrected chi connectivity index (χ4v) is 2.80. The maximum atomic E-state index is 12.5. The van der Waals surface area contributed by atoms with Crippen molar-refractivity contribution in [1.29, 1.82) is 0 Å². The van der Waals surface area contributed by atoms with Crippen molar-refractivity contribution in [2.45, 2.75) is 44.4 Å². The van der Waals surface area contributed by atoms with Crippen molar-refractivity contribution in [3.05, 3.63) is 47.8 Å². The zero-order chi connectivity index (χ0) is 16.3. The Kier molecular flexibility index (Phi) is 4.61. The van der Waals surface area contributed by atoms with E-state index in [1.54, 1.807) is 12.4 Å². The minimum absolute atomic E-state index is 0.434. The fraction of sp³-hybridized carbons (Fsp3) is 0.412. The molecule has 1 fully saturated rings. The van der Waals surface area contributed by atoms with E-state index >= 15 is 0 Å². The van der Waals surface area contributed by atoms with Crippen LogP contribution in [0.5, 0.6) is 0 Å². The van der Waals surface area contributed by atoms with Gasteiger partial charge in [-0.15, -0.1) is 0 Å². The van der Waals surface area contributed by atoms with Crippen molar-refractivity contribution >= 4 is 0 Å². The van der Waals surface area contributed by atoms with Gasteiger partial charge < -0.3 is 5.32 Å². The molecule has 0 aliphatic heterocycles. The molecule has 3 nitrogen and oxygen atoms in total. The van der Waals surface area contributed by atoms with Crippen LogP contribution in [0.2, 0.25) is 0 Å². The lowest BCUT2D eigenvalue weighted by atomic mass is 10.1. The molecule has 0 amide bonds. The summed E-state index contributed by atoms with van der Waals surface area (Å²) in [6.07, 6.45) is 4.11. The molecule has 0 bridgehead atoms. The van der Waals surface area contributed by atoms with Crippen LogP contribution in [0.3, 0.4) is 0 Å². The molecule has 2 aromatic rings. The molecule has 6 heteroatoms. The molecular weight excluding hydrogens is 303 g/mol. The summed E-state index contributed by atoms with van der Waals surface area (Å²) in [4.78, 5) is 8.51. The first-order chi connectivity index (χ1) is 11.0. The zero-order valence-electron chi connectivity index (χ0n) is 12.6. The van der Waals surface area contributed by atoms with Crippen LogP contribution in [0.4, 0.5) is 13.2 Å². The molecule has 0 unspecified atom stereocenters. The van der Waals surface area contributed by atoms with Gasteiger partial charge in [0.15, 0.2) is 5.82 Å². The molecule has 1 aliphatic carbocycles. The second-order valence-corrected chi connectivity index (χ2v) is 5.85. The Balaban J connectivity index is 1.64. The molecule has 0 saturated heterocycles. The Morgan fingerprint density at radius 3 is 2.17 bits per heavy atom. The quantitative estimate of drug-likeness (QED) is 0.917. The van der Waals surface area contributed by atoms with Crippen LogP contribution >= 0.6 is 0 Å². The van der Waals surface area contributed by atoms with Crippen LogP contribution in [-0.2, 0) is 12.7 Å². The summed E-state index contributed by atoms with van der Waals surface area (Å²) in [6.45, 7) is 0.720. The van der Waals surface area contributed by atoms with E-state index in [0.717, 1.165) is 24.2 Å². The molecule has 23 heavy (non-hydrogen) atoms. The number of nitrogens with zero attached hydrogens (tertiary/aromatic N) is 2. The van der Waals surface area contributed by atoms with Crippen molar-refractivity contribution in [1.82, 2.24) is 15.3 Å². The van der Waals surface area contributed by atoms with Crippen LogP contribution in [0.15, 0.2) is 36.7 Å². The van der Waals surface area contributed by atoms with Crippen LogP contribution in [-0.4, -0.2) is 16.0 Å². The van der Waals surface area contributed by atoms with Gasteiger partial charge in [-0.25, -0.2) is 9.97 Å². The van der Waals surface area contributed by atoms with Gasteiger partial charge in [0, 0.05) is 36.1 Å². The number of rotatable bonds is 4. The molecule has 1 saturated carbocycles. The largest absolute Gasteiger partial charge is 0.416 e. The molecule has 0 radical (unpaired) electrons. The smallest absolute Gasteiger partial charge is 0.310 e. The van der Waals surface area contributed by atoms with E-state index in [1.807, 2.05) is 0 Å². The average molecular weight is 321 g/mol. The number of aromatic nitrogens is 2. The molecule has 1 aliphatic rings. The number of alkyl halides is 3. The Morgan fingerprint density at radius 2 is 1.61 bits per heavy atom. The van der Waals surface area contributed by atoms with Gasteiger partial charge in [-0.3, -0.25) is 0 Å². The SMILES string of the molecule is FC(F)(F)c1ccc(-c2ncc(CNC3CCCC3)cn2)cc1. The molecular formula is C17H18F3N3. The van der Waals surface area contributed by atoms with Crippen LogP contribution in [0.1, 0.15) is 36.8 Å². The van der Waals surface area contributed by atoms with E-state index in [-0.39, 0.29) is 0 Å². The highest BCUT2D eigenvalue weighted by Gasteiger charge is 2.30. The predicted molar refractivity (Wildman–Crippen MR) is 81.6 cm³/mol. The van der Waals surface area contributed by atoms with E-state index in [0.29, 0.717) is 17.4 Å². The molecule has 3 rings (SSSR count). The minimum Gasteiger partial charge on any atom is -0.310 e. The lowest BCUT2D eigenvalue weighted by Gasteiger charge is -2.11. The van der Waals surface area contributed by atoms with Crippen molar-refractivity contribution < 1.29 is 13.2 Å². The van der Waals surface area contributed by atoms with Crippen LogP contribution in [0, 0.1) is 0 Å². The Bertz CT molecular complexity index is 630. The summed E-state index contributed by atoms with van der Waals surface area (Å²) in [5.74, 6) is 0.434. The van der Waals surface area contributed by atoms with E-state index < -0.39 is 11.7 Å². The highest BCUT2D eigenvalue weighted by molar-refractivity contribution is 5.55. The Hall–Kier alpha value is -1.95. The Morgan fingerprint density at radius 1 is 1.00 bits per heavy atom. The third-order valence-corrected chi connectivity index (χ3v) is 4.13. The minimum atomic E-state index is -4.32. The normalized spacial score (nSPS) is 16.0. The van der Waals surface area contributed by atoms with Gasteiger partial charge >= 0.3 is 6.18 Å². The molecule has 122 valence electrons. The average Bonchev–Trinajstić information content (AvgIpc) is 3.06. The Labute approximate surface area is 133 Å². The third-order valence-electron chi connectivity index (χ3n) is 4.13. The molecule has 1 aromatic carbocycles. The summed E-state index contributed by atoms with van der Waals surface area (Å²) in [6, 6.07) is 5.47. The van der Waals surface area contributed by atoms with Gasteiger partial charge in [-0.05, 0) is 25.0 Å². The molecule has 1 N–H and O–H groups in total. The number of hydrogen-bond donors (Lipinski definition) is 1. The highest BCUT2D eigenvalue weighted by Crippen LogP contribution is 2.30. The molecule has 1 heterocycles. The maximum absolute atomic E-state index is 12.5. The molecule has 0 spiro atoms. The summed E-state index contributed by atoms with van der Waals surface area (Å²) >= 11 is 0. The lowest BCUT2D eigenvalue weighted by molar-refractivity contribution is -0.137.